The highest BCUT2D eigenvalue weighted by Gasteiger charge is 2.54. The van der Waals surface area contributed by atoms with E-state index in [1.165, 1.54) is 28.1 Å². The molecule has 3 aliphatic heterocycles. The van der Waals surface area contributed by atoms with Gasteiger partial charge in [0.05, 0.1) is 39.6 Å². The number of benzene rings is 2. The van der Waals surface area contributed by atoms with Crippen molar-refractivity contribution >= 4 is 29.8 Å². The zero-order chi connectivity index (χ0) is 37.7. The van der Waals surface area contributed by atoms with Crippen molar-refractivity contribution in [2.45, 2.75) is 77.5 Å². The average Bonchev–Trinajstić information content (AvgIpc) is 3.69. The van der Waals surface area contributed by atoms with Crippen molar-refractivity contribution in [3.8, 4) is 23.0 Å². The molecule has 5 rings (SSSR count). The maximum Gasteiger partial charge on any atom is 0.308 e. The molecule has 3 saturated heterocycles. The summed E-state index contributed by atoms with van der Waals surface area (Å²) in [5.74, 6) is -2.21. The molecule has 3 fully saturated rings. The van der Waals surface area contributed by atoms with Crippen LogP contribution in [0.25, 0.3) is 0 Å². The summed E-state index contributed by atoms with van der Waals surface area (Å²) in [6, 6.07) is 10.5. The first-order valence-electron chi connectivity index (χ1n) is 16.5. The predicted octanol–water partition coefficient (Wildman–Crippen LogP) is 3.17. The van der Waals surface area contributed by atoms with E-state index in [0.29, 0.717) is 24.7 Å². The summed E-state index contributed by atoms with van der Waals surface area (Å²) in [6.45, 7) is 6.35. The second-order valence-corrected chi connectivity index (χ2v) is 12.4. The van der Waals surface area contributed by atoms with E-state index in [9.17, 15) is 24.0 Å². The number of rotatable bonds is 12. The van der Waals surface area contributed by atoms with Gasteiger partial charge >= 0.3 is 29.8 Å². The Hall–Kier alpha value is -4.93. The van der Waals surface area contributed by atoms with Crippen molar-refractivity contribution in [2.24, 2.45) is 11.8 Å². The molecular formula is C36H42O16. The number of esters is 5. The van der Waals surface area contributed by atoms with E-state index in [1.807, 2.05) is 6.07 Å². The molecule has 0 radical (unpaired) electrons. The molecule has 0 spiro atoms. The molecule has 0 saturated carbocycles. The normalized spacial score (nSPS) is 27.8. The van der Waals surface area contributed by atoms with Crippen LogP contribution in [0.5, 0.6) is 23.0 Å². The molecule has 3 aliphatic rings. The van der Waals surface area contributed by atoms with Crippen LogP contribution in [0.3, 0.4) is 0 Å². The van der Waals surface area contributed by atoms with Crippen LogP contribution in [-0.4, -0.2) is 94.6 Å². The molecule has 0 aromatic heterocycles. The van der Waals surface area contributed by atoms with Crippen LogP contribution in [-0.2, 0) is 57.1 Å². The average molecular weight is 731 g/mol. The van der Waals surface area contributed by atoms with Gasteiger partial charge in [-0.1, -0.05) is 12.1 Å². The van der Waals surface area contributed by atoms with Crippen LogP contribution in [0.2, 0.25) is 0 Å². The Balaban J connectivity index is 1.38. The van der Waals surface area contributed by atoms with Crippen molar-refractivity contribution in [1.29, 1.82) is 0 Å². The lowest BCUT2D eigenvalue weighted by molar-refractivity contribution is -0.288. The summed E-state index contributed by atoms with van der Waals surface area (Å²) in [5, 5.41) is 0. The summed E-state index contributed by atoms with van der Waals surface area (Å²) in [7, 11) is 2.94. The van der Waals surface area contributed by atoms with E-state index in [-0.39, 0.29) is 35.5 Å². The lowest BCUT2D eigenvalue weighted by Crippen LogP contribution is -2.63. The topological polar surface area (TPSA) is 187 Å². The number of methoxy groups -OCH3 is 2. The van der Waals surface area contributed by atoms with Crippen molar-refractivity contribution in [3.05, 3.63) is 47.5 Å². The Morgan fingerprint density at radius 1 is 0.615 bits per heavy atom. The first-order valence-corrected chi connectivity index (χ1v) is 16.5. The first kappa shape index (κ1) is 38.3. The minimum atomic E-state index is -1.44. The molecule has 16 nitrogen and oxygen atoms in total. The highest BCUT2D eigenvalue weighted by molar-refractivity contribution is 5.70. The third kappa shape index (κ3) is 8.74. The molecule has 0 unspecified atom stereocenters. The smallest absolute Gasteiger partial charge is 0.308 e. The second-order valence-electron chi connectivity index (χ2n) is 12.4. The quantitative estimate of drug-likeness (QED) is 0.176. The molecule has 0 N–H and O–H groups in total. The fraction of sp³-hybridized carbons (Fsp3) is 0.528. The third-order valence-corrected chi connectivity index (χ3v) is 8.74. The maximum atomic E-state index is 12.2. The van der Waals surface area contributed by atoms with Gasteiger partial charge in [-0.25, -0.2) is 0 Å². The number of ether oxygens (including phenoxy) is 11. The van der Waals surface area contributed by atoms with Gasteiger partial charge in [-0.3, -0.25) is 24.0 Å². The highest BCUT2D eigenvalue weighted by Crippen LogP contribution is 2.51. The van der Waals surface area contributed by atoms with Crippen LogP contribution < -0.4 is 18.9 Å². The number of hydrogen-bond donors (Lipinski definition) is 0. The van der Waals surface area contributed by atoms with Crippen LogP contribution in [0, 0.1) is 11.8 Å². The van der Waals surface area contributed by atoms with Crippen molar-refractivity contribution in [2.75, 3.05) is 34.0 Å². The van der Waals surface area contributed by atoms with E-state index in [2.05, 4.69) is 0 Å². The molecule has 16 heteroatoms. The zero-order valence-electron chi connectivity index (χ0n) is 29.8. The van der Waals surface area contributed by atoms with Gasteiger partial charge in [0.15, 0.2) is 35.2 Å². The largest absolute Gasteiger partial charge is 0.493 e. The van der Waals surface area contributed by atoms with E-state index < -0.39 is 67.2 Å². The second kappa shape index (κ2) is 16.6. The van der Waals surface area contributed by atoms with Crippen molar-refractivity contribution < 1.29 is 76.1 Å². The van der Waals surface area contributed by atoms with E-state index >= 15 is 0 Å². The molecular weight excluding hydrogens is 688 g/mol. The van der Waals surface area contributed by atoms with Gasteiger partial charge in [0.2, 0.25) is 12.4 Å². The van der Waals surface area contributed by atoms with Crippen LogP contribution >= 0.6 is 0 Å². The fourth-order valence-corrected chi connectivity index (χ4v) is 6.70. The molecule has 282 valence electrons. The standard InChI is InChI=1S/C36H42O16/c1-17(37)44-16-30-33(48-19(3)39)34(49-20(4)40)35(50-21(5)41)36(52-30)51-27-11-9-23(13-29(27)43-7)32-25-15-45-31(24(25)14-46-32)22-8-10-26(47-18(2)38)28(12-22)42-6/h8-13,24-25,30-36H,14-16H2,1-7H3/t24-,25-,30+,31+,32+,33+,34-,35+,36+/m0/s1. The molecule has 0 amide bonds. The monoisotopic (exact) mass is 730 g/mol. The molecule has 2 aromatic rings. The lowest BCUT2D eigenvalue weighted by Gasteiger charge is -2.44. The minimum absolute atomic E-state index is 0.00820. The number of carbonyl (C=O) groups is 5. The SMILES string of the molecule is COc1cc([C@H]2OC[C@H]3[C@@H]2CO[C@@H]3c2ccc(O[C@@H]3O[C@H](COC(C)=O)[C@@H](OC(C)=O)[C@H](OC(C)=O)[C@H]3OC(C)=O)c(OC)c2)ccc1OC(C)=O. The Bertz CT molecular complexity index is 1660. The molecule has 52 heavy (non-hydrogen) atoms. The van der Waals surface area contributed by atoms with Crippen LogP contribution in [0.1, 0.15) is 58.0 Å². The summed E-state index contributed by atoms with van der Waals surface area (Å²) < 4.78 is 62.9. The lowest BCUT2D eigenvalue weighted by atomic mass is 9.85. The zero-order valence-corrected chi connectivity index (χ0v) is 29.8. The molecule has 0 bridgehead atoms. The Labute approximate surface area is 299 Å². The summed E-state index contributed by atoms with van der Waals surface area (Å²) >= 11 is 0. The number of fused-ring (bicyclic) bond motifs is 1. The van der Waals surface area contributed by atoms with Gasteiger partial charge in [0, 0.05) is 46.5 Å². The van der Waals surface area contributed by atoms with Gasteiger partial charge in [0.25, 0.3) is 0 Å². The van der Waals surface area contributed by atoms with E-state index in [0.717, 1.165) is 31.9 Å². The Kier molecular flexibility index (Phi) is 12.2. The first-order chi connectivity index (χ1) is 24.8. The highest BCUT2D eigenvalue weighted by atomic mass is 16.7. The third-order valence-electron chi connectivity index (χ3n) is 8.74. The van der Waals surface area contributed by atoms with Gasteiger partial charge in [-0.15, -0.1) is 0 Å². The number of hydrogen-bond acceptors (Lipinski definition) is 16. The maximum absolute atomic E-state index is 12.2. The number of carbonyl (C=O) groups excluding carboxylic acids is 5. The van der Waals surface area contributed by atoms with Gasteiger partial charge in [0.1, 0.15) is 12.7 Å². The van der Waals surface area contributed by atoms with Gasteiger partial charge in [-0.05, 0) is 35.4 Å². The van der Waals surface area contributed by atoms with E-state index in [1.54, 1.807) is 30.3 Å². The fourth-order valence-electron chi connectivity index (χ4n) is 6.70. The van der Waals surface area contributed by atoms with Crippen LogP contribution in [0.4, 0.5) is 0 Å². The summed E-state index contributed by atoms with van der Waals surface area (Å²) in [6.07, 6.45) is -7.42. The Morgan fingerprint density at radius 2 is 1.12 bits per heavy atom. The van der Waals surface area contributed by atoms with Gasteiger partial charge in [-0.2, -0.15) is 0 Å². The summed E-state index contributed by atoms with van der Waals surface area (Å²) in [4.78, 5) is 59.7. The minimum Gasteiger partial charge on any atom is -0.493 e. The van der Waals surface area contributed by atoms with Crippen molar-refractivity contribution in [3.63, 3.8) is 0 Å². The predicted molar refractivity (Wildman–Crippen MR) is 174 cm³/mol. The van der Waals surface area contributed by atoms with Gasteiger partial charge < -0.3 is 52.1 Å². The molecule has 2 aromatic carbocycles. The van der Waals surface area contributed by atoms with Crippen molar-refractivity contribution in [1.82, 2.24) is 0 Å². The molecule has 0 aliphatic carbocycles. The molecule has 9 atom stereocenters. The Morgan fingerprint density at radius 3 is 1.62 bits per heavy atom. The summed E-state index contributed by atoms with van der Waals surface area (Å²) in [5.41, 5.74) is 1.64. The van der Waals surface area contributed by atoms with E-state index in [4.69, 9.17) is 52.1 Å². The van der Waals surface area contributed by atoms with Crippen LogP contribution in [0.15, 0.2) is 36.4 Å². The molecule has 3 heterocycles.